The van der Waals surface area contributed by atoms with Crippen LogP contribution in [-0.2, 0) is 4.74 Å². The Labute approximate surface area is 83.3 Å². The summed E-state index contributed by atoms with van der Waals surface area (Å²) in [5.74, 6) is 0.803. The minimum atomic E-state index is -0.448. The standard InChI is InChI=1S/C11H14O3/c1-8(12)9-3-2-4-10(5-9)14-11-6-13-7-11/h2-5,8,11-12H,6-7H2,1H3. The first kappa shape index (κ1) is 9.49. The number of aliphatic hydroxyl groups excluding tert-OH is 1. The highest BCUT2D eigenvalue weighted by Gasteiger charge is 2.20. The lowest BCUT2D eigenvalue weighted by molar-refractivity contribution is -0.0797. The molecule has 1 aromatic carbocycles. The summed E-state index contributed by atoms with van der Waals surface area (Å²) >= 11 is 0. The summed E-state index contributed by atoms with van der Waals surface area (Å²) in [7, 11) is 0. The normalized spacial score (nSPS) is 18.7. The van der Waals surface area contributed by atoms with Crippen LogP contribution in [0.4, 0.5) is 0 Å². The van der Waals surface area contributed by atoms with Crippen molar-refractivity contribution < 1.29 is 14.6 Å². The fourth-order valence-corrected chi connectivity index (χ4v) is 1.32. The van der Waals surface area contributed by atoms with E-state index in [1.807, 2.05) is 24.3 Å². The Kier molecular flexibility index (Phi) is 2.70. The van der Waals surface area contributed by atoms with Crippen LogP contribution in [0.3, 0.4) is 0 Å². The van der Waals surface area contributed by atoms with Crippen LogP contribution in [0.5, 0.6) is 5.75 Å². The van der Waals surface area contributed by atoms with Crippen LogP contribution >= 0.6 is 0 Å². The molecule has 1 saturated heterocycles. The topological polar surface area (TPSA) is 38.7 Å². The van der Waals surface area contributed by atoms with E-state index < -0.39 is 6.10 Å². The Morgan fingerprint density at radius 3 is 2.86 bits per heavy atom. The van der Waals surface area contributed by atoms with Crippen molar-refractivity contribution in [2.45, 2.75) is 19.1 Å². The van der Waals surface area contributed by atoms with Crippen molar-refractivity contribution in [2.75, 3.05) is 13.2 Å². The van der Waals surface area contributed by atoms with Crippen molar-refractivity contribution in [1.82, 2.24) is 0 Å². The van der Waals surface area contributed by atoms with Gasteiger partial charge in [-0.25, -0.2) is 0 Å². The Balaban J connectivity index is 2.05. The van der Waals surface area contributed by atoms with Gasteiger partial charge < -0.3 is 14.6 Å². The molecular formula is C11H14O3. The molecule has 0 radical (unpaired) electrons. The smallest absolute Gasteiger partial charge is 0.145 e. The van der Waals surface area contributed by atoms with E-state index in [9.17, 15) is 5.11 Å². The molecule has 0 saturated carbocycles. The summed E-state index contributed by atoms with van der Waals surface area (Å²) in [5, 5.41) is 9.37. The van der Waals surface area contributed by atoms with Gasteiger partial charge in [-0.05, 0) is 24.6 Å². The highest BCUT2D eigenvalue weighted by atomic mass is 16.6. The second-order valence-corrected chi connectivity index (χ2v) is 3.53. The zero-order chi connectivity index (χ0) is 9.97. The van der Waals surface area contributed by atoms with Gasteiger partial charge in [-0.3, -0.25) is 0 Å². The summed E-state index contributed by atoms with van der Waals surface area (Å²) in [6.07, 6.45) is -0.268. The third kappa shape index (κ3) is 2.05. The maximum absolute atomic E-state index is 9.37. The minimum Gasteiger partial charge on any atom is -0.486 e. The fraction of sp³-hybridized carbons (Fsp3) is 0.455. The van der Waals surface area contributed by atoms with Gasteiger partial charge in [0.2, 0.25) is 0 Å². The molecule has 14 heavy (non-hydrogen) atoms. The predicted octanol–water partition coefficient (Wildman–Crippen LogP) is 1.52. The number of benzene rings is 1. The van der Waals surface area contributed by atoms with E-state index in [1.54, 1.807) is 6.92 Å². The molecular weight excluding hydrogens is 180 g/mol. The van der Waals surface area contributed by atoms with E-state index in [1.165, 1.54) is 0 Å². The fourth-order valence-electron chi connectivity index (χ4n) is 1.32. The number of aliphatic hydroxyl groups is 1. The SMILES string of the molecule is CC(O)c1cccc(OC2COC2)c1. The van der Waals surface area contributed by atoms with E-state index in [0.29, 0.717) is 13.2 Å². The second kappa shape index (κ2) is 3.98. The zero-order valence-electron chi connectivity index (χ0n) is 8.14. The Morgan fingerprint density at radius 1 is 1.50 bits per heavy atom. The van der Waals surface area contributed by atoms with Crippen molar-refractivity contribution in [1.29, 1.82) is 0 Å². The molecule has 0 amide bonds. The first-order valence-corrected chi connectivity index (χ1v) is 4.78. The van der Waals surface area contributed by atoms with Crippen molar-refractivity contribution in [3.63, 3.8) is 0 Å². The number of hydrogen-bond acceptors (Lipinski definition) is 3. The molecule has 1 N–H and O–H groups in total. The van der Waals surface area contributed by atoms with Crippen LogP contribution in [-0.4, -0.2) is 24.4 Å². The maximum atomic E-state index is 9.37. The van der Waals surface area contributed by atoms with Crippen molar-refractivity contribution in [2.24, 2.45) is 0 Å². The summed E-state index contributed by atoms with van der Waals surface area (Å²) in [4.78, 5) is 0. The molecule has 1 atom stereocenters. The molecule has 2 rings (SSSR count). The van der Waals surface area contributed by atoms with Gasteiger partial charge in [-0.1, -0.05) is 12.1 Å². The van der Waals surface area contributed by atoms with E-state index in [4.69, 9.17) is 9.47 Å². The van der Waals surface area contributed by atoms with Gasteiger partial charge in [0.1, 0.15) is 11.9 Å². The predicted molar refractivity (Wildman–Crippen MR) is 52.3 cm³/mol. The summed E-state index contributed by atoms with van der Waals surface area (Å²) in [6, 6.07) is 7.53. The first-order valence-electron chi connectivity index (χ1n) is 4.78. The summed E-state index contributed by atoms with van der Waals surface area (Å²) in [6.45, 7) is 3.07. The summed E-state index contributed by atoms with van der Waals surface area (Å²) in [5.41, 5.74) is 0.878. The molecule has 1 fully saturated rings. The van der Waals surface area contributed by atoms with Gasteiger partial charge >= 0.3 is 0 Å². The number of hydrogen-bond donors (Lipinski definition) is 1. The molecule has 1 aromatic rings. The number of ether oxygens (including phenoxy) is 2. The van der Waals surface area contributed by atoms with Gasteiger partial charge in [-0.2, -0.15) is 0 Å². The van der Waals surface area contributed by atoms with E-state index >= 15 is 0 Å². The van der Waals surface area contributed by atoms with Crippen LogP contribution in [0.1, 0.15) is 18.6 Å². The quantitative estimate of drug-likeness (QED) is 0.792. The average Bonchev–Trinajstić information content (AvgIpc) is 2.12. The first-order chi connectivity index (χ1) is 6.75. The molecule has 1 heterocycles. The van der Waals surface area contributed by atoms with Gasteiger partial charge in [0.05, 0.1) is 19.3 Å². The third-order valence-corrected chi connectivity index (χ3v) is 2.25. The minimum absolute atomic E-state index is 0.180. The summed E-state index contributed by atoms with van der Waals surface area (Å²) < 4.78 is 10.6. The maximum Gasteiger partial charge on any atom is 0.145 e. The van der Waals surface area contributed by atoms with Gasteiger partial charge in [-0.15, -0.1) is 0 Å². The van der Waals surface area contributed by atoms with Gasteiger partial charge in [0.15, 0.2) is 0 Å². The van der Waals surface area contributed by atoms with Gasteiger partial charge in [0, 0.05) is 0 Å². The molecule has 1 unspecified atom stereocenters. The third-order valence-electron chi connectivity index (χ3n) is 2.25. The highest BCUT2D eigenvalue weighted by molar-refractivity contribution is 5.29. The van der Waals surface area contributed by atoms with E-state index in [-0.39, 0.29) is 6.10 Å². The van der Waals surface area contributed by atoms with Crippen molar-refractivity contribution in [3.8, 4) is 5.75 Å². The average molecular weight is 194 g/mol. The van der Waals surface area contributed by atoms with Crippen molar-refractivity contribution in [3.05, 3.63) is 29.8 Å². The van der Waals surface area contributed by atoms with Crippen LogP contribution in [0.15, 0.2) is 24.3 Å². The van der Waals surface area contributed by atoms with Crippen LogP contribution in [0.25, 0.3) is 0 Å². The molecule has 0 spiro atoms. The molecule has 0 aromatic heterocycles. The Hall–Kier alpha value is -1.06. The Bertz CT molecular complexity index is 305. The largest absolute Gasteiger partial charge is 0.486 e. The lowest BCUT2D eigenvalue weighted by Gasteiger charge is -2.26. The van der Waals surface area contributed by atoms with Gasteiger partial charge in [0.25, 0.3) is 0 Å². The van der Waals surface area contributed by atoms with E-state index in [2.05, 4.69) is 0 Å². The molecule has 1 aliphatic heterocycles. The van der Waals surface area contributed by atoms with Crippen LogP contribution < -0.4 is 4.74 Å². The molecule has 3 nitrogen and oxygen atoms in total. The second-order valence-electron chi connectivity index (χ2n) is 3.53. The van der Waals surface area contributed by atoms with Crippen molar-refractivity contribution >= 4 is 0 Å². The molecule has 0 aliphatic carbocycles. The van der Waals surface area contributed by atoms with Crippen LogP contribution in [0, 0.1) is 0 Å². The van der Waals surface area contributed by atoms with Crippen LogP contribution in [0.2, 0.25) is 0 Å². The molecule has 1 aliphatic rings. The lowest BCUT2D eigenvalue weighted by Crippen LogP contribution is -2.38. The highest BCUT2D eigenvalue weighted by Crippen LogP contribution is 2.21. The Morgan fingerprint density at radius 2 is 2.29 bits per heavy atom. The monoisotopic (exact) mass is 194 g/mol. The van der Waals surface area contributed by atoms with E-state index in [0.717, 1.165) is 11.3 Å². The molecule has 76 valence electrons. The lowest BCUT2D eigenvalue weighted by atomic mass is 10.1. The number of rotatable bonds is 3. The zero-order valence-corrected chi connectivity index (χ0v) is 8.14. The molecule has 3 heteroatoms. The molecule has 0 bridgehead atoms.